The molecular formula is C15H27NS. The monoisotopic (exact) mass is 253 g/mol. The maximum Gasteiger partial charge on any atom is 0.0415 e. The van der Waals surface area contributed by atoms with E-state index in [4.69, 9.17) is 0 Å². The number of hydrogen-bond donors (Lipinski definition) is 1. The Bertz CT molecular complexity index is 306. The lowest BCUT2D eigenvalue weighted by atomic mass is 9.91. The lowest BCUT2D eigenvalue weighted by Gasteiger charge is -2.21. The summed E-state index contributed by atoms with van der Waals surface area (Å²) in [5, 5.41) is 3.48. The third-order valence-electron chi connectivity index (χ3n) is 3.57. The molecule has 2 unspecified atom stereocenters. The second kappa shape index (κ2) is 7.88. The molecule has 0 aliphatic rings. The molecular weight excluding hydrogens is 226 g/mol. The van der Waals surface area contributed by atoms with E-state index in [0.717, 1.165) is 5.92 Å². The molecule has 17 heavy (non-hydrogen) atoms. The number of unbranched alkanes of at least 4 members (excludes halogenated alkanes) is 1. The van der Waals surface area contributed by atoms with Gasteiger partial charge in [-0.15, -0.1) is 11.3 Å². The SMILES string of the molecule is CCCCC(CC)CC(NC)c1ccc(C)s1. The van der Waals surface area contributed by atoms with Gasteiger partial charge in [0.25, 0.3) is 0 Å². The zero-order valence-corrected chi connectivity index (χ0v) is 12.6. The van der Waals surface area contributed by atoms with E-state index in [1.165, 1.54) is 41.9 Å². The fraction of sp³-hybridized carbons (Fsp3) is 0.733. The van der Waals surface area contributed by atoms with E-state index >= 15 is 0 Å². The van der Waals surface area contributed by atoms with Crippen LogP contribution in [0.4, 0.5) is 0 Å². The molecule has 1 aromatic heterocycles. The minimum Gasteiger partial charge on any atom is -0.312 e. The van der Waals surface area contributed by atoms with Crippen LogP contribution < -0.4 is 5.32 Å². The molecule has 0 saturated heterocycles. The van der Waals surface area contributed by atoms with Gasteiger partial charge in [0, 0.05) is 15.8 Å². The van der Waals surface area contributed by atoms with Gasteiger partial charge >= 0.3 is 0 Å². The summed E-state index contributed by atoms with van der Waals surface area (Å²) < 4.78 is 0. The average Bonchev–Trinajstić information content (AvgIpc) is 2.76. The highest BCUT2D eigenvalue weighted by Gasteiger charge is 2.16. The van der Waals surface area contributed by atoms with E-state index in [-0.39, 0.29) is 0 Å². The van der Waals surface area contributed by atoms with Crippen LogP contribution in [0.1, 0.15) is 61.7 Å². The highest BCUT2D eigenvalue weighted by Crippen LogP contribution is 2.30. The first-order chi connectivity index (χ1) is 8.21. The highest BCUT2D eigenvalue weighted by molar-refractivity contribution is 7.12. The lowest BCUT2D eigenvalue weighted by Crippen LogP contribution is -2.18. The average molecular weight is 253 g/mol. The zero-order chi connectivity index (χ0) is 12.7. The Morgan fingerprint density at radius 2 is 2.06 bits per heavy atom. The van der Waals surface area contributed by atoms with Gasteiger partial charge < -0.3 is 5.32 Å². The van der Waals surface area contributed by atoms with Gasteiger partial charge in [-0.1, -0.05) is 39.5 Å². The topological polar surface area (TPSA) is 12.0 Å². The Labute approximate surface area is 111 Å². The molecule has 1 heterocycles. The molecule has 0 aromatic carbocycles. The Morgan fingerprint density at radius 1 is 1.29 bits per heavy atom. The Kier molecular flexibility index (Phi) is 6.83. The molecule has 0 saturated carbocycles. The van der Waals surface area contributed by atoms with Crippen molar-refractivity contribution in [2.45, 2.75) is 58.9 Å². The first-order valence-corrected chi connectivity index (χ1v) is 7.76. The molecule has 1 N–H and O–H groups in total. The smallest absolute Gasteiger partial charge is 0.0415 e. The first kappa shape index (κ1) is 14.7. The molecule has 98 valence electrons. The third-order valence-corrected chi connectivity index (χ3v) is 4.68. The van der Waals surface area contributed by atoms with Gasteiger partial charge in [0.1, 0.15) is 0 Å². The summed E-state index contributed by atoms with van der Waals surface area (Å²) in [6.07, 6.45) is 6.67. The Balaban J connectivity index is 2.55. The molecule has 0 bridgehead atoms. The van der Waals surface area contributed by atoms with Crippen molar-refractivity contribution >= 4 is 11.3 Å². The standard InChI is InChI=1S/C15H27NS/c1-5-7-8-13(6-2)11-14(16-4)15-10-9-12(3)17-15/h9-10,13-14,16H,5-8,11H2,1-4H3. The van der Waals surface area contributed by atoms with Crippen LogP contribution in [0.3, 0.4) is 0 Å². The number of nitrogens with one attached hydrogen (secondary N) is 1. The largest absolute Gasteiger partial charge is 0.312 e. The summed E-state index contributed by atoms with van der Waals surface area (Å²) in [7, 11) is 2.09. The molecule has 0 aliphatic heterocycles. The van der Waals surface area contributed by atoms with Crippen molar-refractivity contribution in [3.63, 3.8) is 0 Å². The maximum atomic E-state index is 3.48. The summed E-state index contributed by atoms with van der Waals surface area (Å²) in [5.74, 6) is 0.870. The highest BCUT2D eigenvalue weighted by atomic mass is 32.1. The minimum absolute atomic E-state index is 0.551. The van der Waals surface area contributed by atoms with Crippen molar-refractivity contribution in [3.05, 3.63) is 21.9 Å². The predicted molar refractivity (Wildman–Crippen MR) is 78.8 cm³/mol. The number of aryl methyl sites for hydroxylation is 1. The molecule has 0 aliphatic carbocycles. The summed E-state index contributed by atoms with van der Waals surface area (Å²) in [5.41, 5.74) is 0. The van der Waals surface area contributed by atoms with E-state index in [1.807, 2.05) is 11.3 Å². The van der Waals surface area contributed by atoms with E-state index in [0.29, 0.717) is 6.04 Å². The molecule has 0 fully saturated rings. The lowest BCUT2D eigenvalue weighted by molar-refractivity contribution is 0.367. The van der Waals surface area contributed by atoms with Crippen molar-refractivity contribution in [1.29, 1.82) is 0 Å². The third kappa shape index (κ3) is 4.81. The van der Waals surface area contributed by atoms with Crippen LogP contribution in [0.5, 0.6) is 0 Å². The second-order valence-electron chi connectivity index (χ2n) is 4.94. The Morgan fingerprint density at radius 3 is 2.53 bits per heavy atom. The van der Waals surface area contributed by atoms with Crippen LogP contribution in [-0.2, 0) is 0 Å². The molecule has 2 atom stereocenters. The summed E-state index contributed by atoms with van der Waals surface area (Å²) in [6.45, 7) is 6.80. The Hall–Kier alpha value is -0.340. The quantitative estimate of drug-likeness (QED) is 0.693. The van der Waals surface area contributed by atoms with Crippen LogP contribution in [0.25, 0.3) is 0 Å². The van der Waals surface area contributed by atoms with Crippen LogP contribution >= 0.6 is 11.3 Å². The maximum absolute atomic E-state index is 3.48. The van der Waals surface area contributed by atoms with Crippen molar-refractivity contribution in [3.8, 4) is 0 Å². The zero-order valence-electron chi connectivity index (χ0n) is 11.8. The van der Waals surface area contributed by atoms with Gasteiger partial charge in [-0.2, -0.15) is 0 Å². The summed E-state index contributed by atoms with van der Waals surface area (Å²) in [4.78, 5) is 2.92. The van der Waals surface area contributed by atoms with E-state index < -0.39 is 0 Å². The van der Waals surface area contributed by atoms with Crippen LogP contribution in [-0.4, -0.2) is 7.05 Å². The molecule has 2 heteroatoms. The van der Waals surface area contributed by atoms with Crippen molar-refractivity contribution in [1.82, 2.24) is 5.32 Å². The molecule has 0 amide bonds. The molecule has 0 spiro atoms. The van der Waals surface area contributed by atoms with Gasteiger partial charge in [0.2, 0.25) is 0 Å². The molecule has 1 aromatic rings. The van der Waals surface area contributed by atoms with Crippen LogP contribution in [0, 0.1) is 12.8 Å². The fourth-order valence-electron chi connectivity index (χ4n) is 2.33. The second-order valence-corrected chi connectivity index (χ2v) is 6.26. The van der Waals surface area contributed by atoms with Gasteiger partial charge in [0.15, 0.2) is 0 Å². The normalized spacial score (nSPS) is 14.8. The van der Waals surface area contributed by atoms with Crippen LogP contribution in [0.15, 0.2) is 12.1 Å². The number of rotatable bonds is 8. The minimum atomic E-state index is 0.551. The fourth-order valence-corrected chi connectivity index (χ4v) is 3.33. The van der Waals surface area contributed by atoms with E-state index in [2.05, 4.69) is 45.3 Å². The summed E-state index contributed by atoms with van der Waals surface area (Å²) in [6, 6.07) is 5.07. The van der Waals surface area contributed by atoms with Crippen molar-refractivity contribution in [2.75, 3.05) is 7.05 Å². The van der Waals surface area contributed by atoms with Crippen LogP contribution in [0.2, 0.25) is 0 Å². The molecule has 1 nitrogen and oxygen atoms in total. The summed E-state index contributed by atoms with van der Waals surface area (Å²) >= 11 is 1.93. The number of thiophene rings is 1. The number of hydrogen-bond acceptors (Lipinski definition) is 2. The predicted octanol–water partition coefficient (Wildman–Crippen LogP) is 4.92. The molecule has 0 radical (unpaired) electrons. The van der Waals surface area contributed by atoms with Gasteiger partial charge in [0.05, 0.1) is 0 Å². The van der Waals surface area contributed by atoms with Crippen molar-refractivity contribution < 1.29 is 0 Å². The van der Waals surface area contributed by atoms with E-state index in [1.54, 1.807) is 0 Å². The first-order valence-electron chi connectivity index (χ1n) is 6.94. The van der Waals surface area contributed by atoms with Gasteiger partial charge in [-0.25, -0.2) is 0 Å². The molecule has 1 rings (SSSR count). The van der Waals surface area contributed by atoms with Gasteiger partial charge in [-0.05, 0) is 38.4 Å². The van der Waals surface area contributed by atoms with E-state index in [9.17, 15) is 0 Å². The van der Waals surface area contributed by atoms with Crippen molar-refractivity contribution in [2.24, 2.45) is 5.92 Å². The van der Waals surface area contributed by atoms with Gasteiger partial charge in [-0.3, -0.25) is 0 Å².